The molecule has 1 fully saturated rings. The molecule has 0 unspecified atom stereocenters. The molecule has 0 bridgehead atoms. The van der Waals surface area contributed by atoms with Gasteiger partial charge in [-0.1, -0.05) is 6.92 Å². The van der Waals surface area contributed by atoms with Gasteiger partial charge in [0.15, 0.2) is 9.84 Å². The van der Waals surface area contributed by atoms with Gasteiger partial charge in [0.2, 0.25) is 11.8 Å². The number of likely N-dealkylation sites (tertiary alicyclic amines) is 1. The number of sulfone groups is 1. The van der Waals surface area contributed by atoms with Crippen molar-refractivity contribution in [1.29, 1.82) is 0 Å². The lowest BCUT2D eigenvalue weighted by molar-refractivity contribution is -0.132. The van der Waals surface area contributed by atoms with Gasteiger partial charge in [0.1, 0.15) is 5.75 Å². The van der Waals surface area contributed by atoms with Gasteiger partial charge >= 0.3 is 0 Å². The predicted octanol–water partition coefficient (Wildman–Crippen LogP) is -0.0617. The monoisotopic (exact) mass is 290 g/mol. The molecule has 6 nitrogen and oxygen atoms in total. The number of rotatable bonds is 5. The Balaban J connectivity index is 2.53. The fraction of sp³-hybridized carbons (Fsp3) is 0.833. The van der Waals surface area contributed by atoms with Crippen molar-refractivity contribution in [2.75, 3.05) is 25.9 Å². The Morgan fingerprint density at radius 1 is 1.26 bits per heavy atom. The Labute approximate surface area is 114 Å². The van der Waals surface area contributed by atoms with E-state index in [-0.39, 0.29) is 5.91 Å². The van der Waals surface area contributed by atoms with E-state index in [0.717, 1.165) is 6.42 Å². The Kier molecular flexibility index (Phi) is 5.78. The lowest BCUT2D eigenvalue weighted by Gasteiger charge is -2.31. The van der Waals surface area contributed by atoms with Crippen LogP contribution in [-0.2, 0) is 19.4 Å². The first kappa shape index (κ1) is 15.9. The van der Waals surface area contributed by atoms with Gasteiger partial charge in [0.25, 0.3) is 0 Å². The molecule has 0 saturated carbocycles. The van der Waals surface area contributed by atoms with Crippen LogP contribution in [0.1, 0.15) is 32.6 Å². The molecule has 0 atom stereocenters. The van der Waals surface area contributed by atoms with Crippen LogP contribution in [0.5, 0.6) is 0 Å². The lowest BCUT2D eigenvalue weighted by Crippen LogP contribution is -2.44. The quantitative estimate of drug-likeness (QED) is 0.769. The summed E-state index contributed by atoms with van der Waals surface area (Å²) < 4.78 is 24.0. The smallest absolute Gasteiger partial charge is 0.234 e. The maximum Gasteiger partial charge on any atom is 0.234 e. The summed E-state index contributed by atoms with van der Waals surface area (Å²) in [6.45, 7) is 2.88. The van der Waals surface area contributed by atoms with E-state index in [9.17, 15) is 18.0 Å². The number of hydrogen-bond acceptors (Lipinski definition) is 4. The summed E-state index contributed by atoms with van der Waals surface area (Å²) in [5.41, 5.74) is 0. The van der Waals surface area contributed by atoms with E-state index in [0.29, 0.717) is 32.4 Å². The molecule has 19 heavy (non-hydrogen) atoms. The highest BCUT2D eigenvalue weighted by atomic mass is 32.2. The zero-order chi connectivity index (χ0) is 14.5. The number of nitrogens with zero attached hydrogens (tertiary/aromatic N) is 1. The van der Waals surface area contributed by atoms with Crippen LogP contribution in [0.4, 0.5) is 0 Å². The third kappa shape index (κ3) is 4.49. The highest BCUT2D eigenvalue weighted by Crippen LogP contribution is 2.19. The van der Waals surface area contributed by atoms with E-state index in [1.807, 2.05) is 6.92 Å². The van der Waals surface area contributed by atoms with Crippen molar-refractivity contribution in [2.45, 2.75) is 37.9 Å². The highest BCUT2D eigenvalue weighted by molar-refractivity contribution is 7.92. The van der Waals surface area contributed by atoms with Crippen molar-refractivity contribution in [1.82, 2.24) is 10.2 Å². The van der Waals surface area contributed by atoms with Gasteiger partial charge in [-0.2, -0.15) is 0 Å². The van der Waals surface area contributed by atoms with Gasteiger partial charge in [0.05, 0.1) is 5.25 Å². The molecule has 0 aromatic carbocycles. The largest absolute Gasteiger partial charge is 0.358 e. The van der Waals surface area contributed by atoms with Crippen LogP contribution >= 0.6 is 0 Å². The van der Waals surface area contributed by atoms with Crippen LogP contribution in [0.25, 0.3) is 0 Å². The molecule has 0 spiro atoms. The summed E-state index contributed by atoms with van der Waals surface area (Å²) in [5, 5.41) is 1.82. The minimum Gasteiger partial charge on any atom is -0.358 e. The second-order valence-electron chi connectivity index (χ2n) is 4.81. The van der Waals surface area contributed by atoms with E-state index >= 15 is 0 Å². The first-order valence-corrected chi connectivity index (χ1v) is 8.32. The molecule has 1 N–H and O–H groups in total. The molecule has 1 rings (SSSR count). The van der Waals surface area contributed by atoms with Crippen LogP contribution < -0.4 is 5.32 Å². The number of carbonyl (C=O) groups is 2. The molecule has 1 aliphatic heterocycles. The van der Waals surface area contributed by atoms with Crippen molar-refractivity contribution in [3.05, 3.63) is 0 Å². The number of piperidine rings is 1. The summed E-state index contributed by atoms with van der Waals surface area (Å²) in [6, 6.07) is 0. The molecule has 7 heteroatoms. The molecule has 2 amide bonds. The average molecular weight is 290 g/mol. The molecule has 1 saturated heterocycles. The molecule has 0 aliphatic carbocycles. The van der Waals surface area contributed by atoms with E-state index in [1.165, 1.54) is 7.05 Å². The van der Waals surface area contributed by atoms with Crippen LogP contribution in [0.2, 0.25) is 0 Å². The summed E-state index contributed by atoms with van der Waals surface area (Å²) in [7, 11) is -1.99. The van der Waals surface area contributed by atoms with E-state index in [1.54, 1.807) is 4.90 Å². The number of amides is 2. The zero-order valence-corrected chi connectivity index (χ0v) is 12.3. The fourth-order valence-corrected chi connectivity index (χ4v) is 3.88. The van der Waals surface area contributed by atoms with Gasteiger partial charge in [-0.05, 0) is 19.3 Å². The maximum atomic E-state index is 12.0. The van der Waals surface area contributed by atoms with Gasteiger partial charge < -0.3 is 10.2 Å². The molecule has 1 aliphatic rings. The fourth-order valence-electron chi connectivity index (χ4n) is 2.21. The standard InChI is InChI=1S/C12H22N2O4S/c1-3-4-12(16)14-7-5-10(6-8-14)19(17,18)9-11(15)13-2/h10H,3-9H2,1-2H3,(H,13,15). The zero-order valence-electron chi connectivity index (χ0n) is 11.5. The second-order valence-corrected chi connectivity index (χ2v) is 7.09. The van der Waals surface area contributed by atoms with Crippen molar-refractivity contribution in [2.24, 2.45) is 0 Å². The van der Waals surface area contributed by atoms with Crippen molar-refractivity contribution in [3.63, 3.8) is 0 Å². The number of carbonyl (C=O) groups excluding carboxylic acids is 2. The van der Waals surface area contributed by atoms with Gasteiger partial charge in [0, 0.05) is 26.6 Å². The summed E-state index contributed by atoms with van der Waals surface area (Å²) in [4.78, 5) is 24.6. The minimum atomic E-state index is -3.41. The predicted molar refractivity (Wildman–Crippen MR) is 72.4 cm³/mol. The molecule has 0 aromatic rings. The van der Waals surface area contributed by atoms with Crippen LogP contribution in [0.3, 0.4) is 0 Å². The molecule has 1 heterocycles. The van der Waals surface area contributed by atoms with E-state index in [4.69, 9.17) is 0 Å². The molecule has 110 valence electrons. The number of hydrogen-bond donors (Lipinski definition) is 1. The molecular weight excluding hydrogens is 268 g/mol. The second kappa shape index (κ2) is 6.88. The third-order valence-corrected chi connectivity index (χ3v) is 5.53. The first-order valence-electron chi connectivity index (χ1n) is 6.60. The Hall–Kier alpha value is -1.11. The average Bonchev–Trinajstić information content (AvgIpc) is 2.38. The SMILES string of the molecule is CCCC(=O)N1CCC(S(=O)(=O)CC(=O)NC)CC1. The number of nitrogens with one attached hydrogen (secondary N) is 1. The normalized spacial score (nSPS) is 17.3. The van der Waals surface area contributed by atoms with E-state index < -0.39 is 26.7 Å². The maximum absolute atomic E-state index is 12.0. The topological polar surface area (TPSA) is 83.6 Å². The van der Waals surface area contributed by atoms with Gasteiger partial charge in [-0.3, -0.25) is 9.59 Å². The van der Waals surface area contributed by atoms with Crippen molar-refractivity contribution in [3.8, 4) is 0 Å². The Morgan fingerprint density at radius 3 is 2.32 bits per heavy atom. The van der Waals surface area contributed by atoms with Crippen molar-refractivity contribution < 1.29 is 18.0 Å². The van der Waals surface area contributed by atoms with Gasteiger partial charge in [-0.15, -0.1) is 0 Å². The molecular formula is C12H22N2O4S. The molecule has 0 radical (unpaired) electrons. The van der Waals surface area contributed by atoms with Crippen molar-refractivity contribution >= 4 is 21.7 Å². The lowest BCUT2D eigenvalue weighted by atomic mass is 10.1. The minimum absolute atomic E-state index is 0.0876. The Bertz CT molecular complexity index is 425. The third-order valence-electron chi connectivity index (χ3n) is 3.38. The van der Waals surface area contributed by atoms with E-state index in [2.05, 4.69) is 5.32 Å². The summed E-state index contributed by atoms with van der Waals surface area (Å²) in [6.07, 6.45) is 2.16. The van der Waals surface area contributed by atoms with Gasteiger partial charge in [-0.25, -0.2) is 8.42 Å². The summed E-state index contributed by atoms with van der Waals surface area (Å²) >= 11 is 0. The molecule has 0 aromatic heterocycles. The highest BCUT2D eigenvalue weighted by Gasteiger charge is 2.32. The van der Waals surface area contributed by atoms with Crippen LogP contribution in [-0.4, -0.2) is 56.3 Å². The first-order chi connectivity index (χ1) is 8.90. The summed E-state index contributed by atoms with van der Waals surface area (Å²) in [5.74, 6) is -0.856. The van der Waals surface area contributed by atoms with Crippen LogP contribution in [0, 0.1) is 0 Å². The Morgan fingerprint density at radius 2 is 1.84 bits per heavy atom. The van der Waals surface area contributed by atoms with Crippen LogP contribution in [0.15, 0.2) is 0 Å².